The molecule has 1 aliphatic rings. The van der Waals surface area contributed by atoms with E-state index < -0.39 is 0 Å². The highest BCUT2D eigenvalue weighted by Crippen LogP contribution is 2.07. The van der Waals surface area contributed by atoms with E-state index in [-0.39, 0.29) is 24.0 Å². The highest BCUT2D eigenvalue weighted by atomic mass is 127. The highest BCUT2D eigenvalue weighted by Gasteiger charge is 2.16. The molecule has 6 heteroatoms. The maximum Gasteiger partial charge on any atom is 0.191 e. The first kappa shape index (κ1) is 21.2. The molecule has 1 fully saturated rings. The Morgan fingerprint density at radius 2 is 1.62 bits per heavy atom. The number of nitrogens with zero attached hydrogens (tertiary/aromatic N) is 3. The molecule has 24 heavy (non-hydrogen) atoms. The highest BCUT2D eigenvalue weighted by molar-refractivity contribution is 14.0. The Bertz CT molecular complexity index is 458. The first-order valence-electron chi connectivity index (χ1n) is 8.75. The molecular formula is C18H32IN5. The van der Waals surface area contributed by atoms with Crippen molar-refractivity contribution < 1.29 is 0 Å². The van der Waals surface area contributed by atoms with Crippen LogP contribution in [0.4, 0.5) is 0 Å². The van der Waals surface area contributed by atoms with Crippen LogP contribution in [0.15, 0.2) is 35.3 Å². The summed E-state index contributed by atoms with van der Waals surface area (Å²) in [5.74, 6) is 0.912. The van der Waals surface area contributed by atoms with E-state index in [1.54, 1.807) is 0 Å². The summed E-state index contributed by atoms with van der Waals surface area (Å²) in [6.45, 7) is 10.8. The molecule has 0 unspecified atom stereocenters. The van der Waals surface area contributed by atoms with Gasteiger partial charge in [0.1, 0.15) is 0 Å². The summed E-state index contributed by atoms with van der Waals surface area (Å²) < 4.78 is 0. The summed E-state index contributed by atoms with van der Waals surface area (Å²) in [5, 5.41) is 6.69. The molecule has 0 saturated carbocycles. The smallest absolute Gasteiger partial charge is 0.191 e. The van der Waals surface area contributed by atoms with Crippen LogP contribution in [-0.2, 0) is 6.54 Å². The van der Waals surface area contributed by atoms with E-state index in [2.05, 4.69) is 62.7 Å². The second-order valence-corrected chi connectivity index (χ2v) is 6.03. The molecule has 0 atom stereocenters. The van der Waals surface area contributed by atoms with Gasteiger partial charge in [-0.05, 0) is 12.0 Å². The van der Waals surface area contributed by atoms with Gasteiger partial charge in [-0.15, -0.1) is 24.0 Å². The first-order chi connectivity index (χ1) is 11.3. The second-order valence-electron chi connectivity index (χ2n) is 6.03. The predicted molar refractivity (Wildman–Crippen MR) is 113 cm³/mol. The molecule has 2 rings (SSSR count). The van der Waals surface area contributed by atoms with Gasteiger partial charge < -0.3 is 10.6 Å². The average Bonchev–Trinajstić information content (AvgIpc) is 2.60. The van der Waals surface area contributed by atoms with Crippen LogP contribution in [0.5, 0.6) is 0 Å². The van der Waals surface area contributed by atoms with Crippen molar-refractivity contribution in [3.05, 3.63) is 35.9 Å². The fourth-order valence-corrected chi connectivity index (χ4v) is 2.81. The van der Waals surface area contributed by atoms with Crippen molar-refractivity contribution in [1.82, 2.24) is 20.4 Å². The minimum absolute atomic E-state index is 0. The lowest BCUT2D eigenvalue weighted by molar-refractivity contribution is 0.129. The zero-order valence-corrected chi connectivity index (χ0v) is 17.3. The van der Waals surface area contributed by atoms with Crippen molar-refractivity contribution >= 4 is 29.9 Å². The third-order valence-electron chi connectivity index (χ3n) is 4.20. The fraction of sp³-hybridized carbons (Fsp3) is 0.611. The van der Waals surface area contributed by atoms with Crippen molar-refractivity contribution in [2.75, 3.05) is 52.9 Å². The van der Waals surface area contributed by atoms with E-state index in [0.29, 0.717) is 0 Å². The van der Waals surface area contributed by atoms with Gasteiger partial charge in [-0.25, -0.2) is 0 Å². The summed E-state index contributed by atoms with van der Waals surface area (Å²) in [4.78, 5) is 9.31. The Hall–Kier alpha value is -0.860. The number of guanidine groups is 1. The van der Waals surface area contributed by atoms with Crippen molar-refractivity contribution in [2.45, 2.75) is 19.9 Å². The van der Waals surface area contributed by atoms with Crippen LogP contribution >= 0.6 is 24.0 Å². The van der Waals surface area contributed by atoms with Gasteiger partial charge in [0.25, 0.3) is 0 Å². The van der Waals surface area contributed by atoms with Gasteiger partial charge in [0, 0.05) is 59.4 Å². The van der Waals surface area contributed by atoms with Crippen LogP contribution < -0.4 is 10.6 Å². The number of aliphatic imine (C=N–C) groups is 1. The van der Waals surface area contributed by atoms with Gasteiger partial charge in [-0.2, -0.15) is 0 Å². The number of hydrogen-bond donors (Lipinski definition) is 2. The van der Waals surface area contributed by atoms with E-state index in [9.17, 15) is 0 Å². The maximum atomic E-state index is 4.23. The first-order valence-corrected chi connectivity index (χ1v) is 8.75. The van der Waals surface area contributed by atoms with Gasteiger partial charge in [-0.3, -0.25) is 14.8 Å². The van der Waals surface area contributed by atoms with E-state index in [0.717, 1.165) is 64.7 Å². The lowest BCUT2D eigenvalue weighted by atomic mass is 10.2. The zero-order valence-electron chi connectivity index (χ0n) is 15.0. The number of hydrogen-bond acceptors (Lipinski definition) is 3. The Morgan fingerprint density at radius 1 is 1.00 bits per heavy atom. The summed E-state index contributed by atoms with van der Waals surface area (Å²) in [6.07, 6.45) is 1.12. The van der Waals surface area contributed by atoms with Gasteiger partial charge in [0.2, 0.25) is 0 Å². The number of benzene rings is 1. The van der Waals surface area contributed by atoms with Crippen molar-refractivity contribution in [2.24, 2.45) is 4.99 Å². The minimum atomic E-state index is 0. The number of nitrogens with one attached hydrogen (secondary N) is 2. The average molecular weight is 445 g/mol. The van der Waals surface area contributed by atoms with Gasteiger partial charge in [0.15, 0.2) is 5.96 Å². The molecule has 1 aliphatic heterocycles. The van der Waals surface area contributed by atoms with Crippen molar-refractivity contribution in [3.8, 4) is 0 Å². The van der Waals surface area contributed by atoms with E-state index >= 15 is 0 Å². The Labute approximate surface area is 163 Å². The van der Waals surface area contributed by atoms with Gasteiger partial charge in [0.05, 0.1) is 0 Å². The van der Waals surface area contributed by atoms with Crippen molar-refractivity contribution in [3.63, 3.8) is 0 Å². The number of rotatable bonds is 7. The lowest BCUT2D eigenvalue weighted by Crippen LogP contribution is -2.49. The van der Waals surface area contributed by atoms with Crippen LogP contribution in [0.3, 0.4) is 0 Å². The molecule has 0 radical (unpaired) electrons. The molecule has 0 aromatic heterocycles. The van der Waals surface area contributed by atoms with E-state index in [1.807, 2.05) is 7.05 Å². The number of halogens is 1. The zero-order chi connectivity index (χ0) is 16.3. The third kappa shape index (κ3) is 7.81. The number of piperazine rings is 1. The molecule has 1 aromatic carbocycles. The second kappa shape index (κ2) is 12.5. The maximum absolute atomic E-state index is 4.23. The molecule has 1 aromatic rings. The standard InChI is InChI=1S/C18H31N5.HI/c1-3-9-20-18(19-2)21-10-11-22-12-14-23(15-13-22)16-17-7-5-4-6-8-17;/h4-8H,3,9-16H2,1-2H3,(H2,19,20,21);1H. The molecule has 0 amide bonds. The van der Waals surface area contributed by atoms with Crippen molar-refractivity contribution in [1.29, 1.82) is 0 Å². The minimum Gasteiger partial charge on any atom is -0.356 e. The van der Waals surface area contributed by atoms with Crippen LogP contribution in [0.25, 0.3) is 0 Å². The Balaban J connectivity index is 0.00000288. The summed E-state index contributed by atoms with van der Waals surface area (Å²) in [6, 6.07) is 10.8. The third-order valence-corrected chi connectivity index (χ3v) is 4.20. The quantitative estimate of drug-likeness (QED) is 0.383. The van der Waals surface area contributed by atoms with Crippen LogP contribution in [-0.4, -0.2) is 68.6 Å². The summed E-state index contributed by atoms with van der Waals surface area (Å²) >= 11 is 0. The topological polar surface area (TPSA) is 42.9 Å². The lowest BCUT2D eigenvalue weighted by Gasteiger charge is -2.34. The van der Waals surface area contributed by atoms with E-state index in [4.69, 9.17) is 0 Å². The molecule has 136 valence electrons. The van der Waals surface area contributed by atoms with E-state index in [1.165, 1.54) is 5.56 Å². The normalized spacial score (nSPS) is 16.5. The van der Waals surface area contributed by atoms with Crippen LogP contribution in [0.2, 0.25) is 0 Å². The van der Waals surface area contributed by atoms with Crippen LogP contribution in [0, 0.1) is 0 Å². The summed E-state index contributed by atoms with van der Waals surface area (Å²) in [7, 11) is 1.83. The summed E-state index contributed by atoms with van der Waals surface area (Å²) in [5.41, 5.74) is 1.41. The Kier molecular flexibility index (Phi) is 11.0. The van der Waals surface area contributed by atoms with Gasteiger partial charge >= 0.3 is 0 Å². The fourth-order valence-electron chi connectivity index (χ4n) is 2.81. The molecule has 0 bridgehead atoms. The molecule has 2 N–H and O–H groups in total. The predicted octanol–water partition coefficient (Wildman–Crippen LogP) is 2.00. The molecule has 1 heterocycles. The van der Waals surface area contributed by atoms with Crippen LogP contribution in [0.1, 0.15) is 18.9 Å². The molecule has 5 nitrogen and oxygen atoms in total. The Morgan fingerprint density at radius 3 is 2.25 bits per heavy atom. The molecule has 0 spiro atoms. The monoisotopic (exact) mass is 445 g/mol. The van der Waals surface area contributed by atoms with Gasteiger partial charge in [-0.1, -0.05) is 37.3 Å². The SMILES string of the molecule is CCCNC(=NC)NCCN1CCN(Cc2ccccc2)CC1.I. The molecule has 1 saturated heterocycles. The molecular weight excluding hydrogens is 413 g/mol. The largest absolute Gasteiger partial charge is 0.356 e. The molecule has 0 aliphatic carbocycles.